The molecule has 0 bridgehead atoms. The molecular weight excluding hydrogens is 403 g/mol. The number of rotatable bonds is 5. The minimum absolute atomic E-state index is 0. The molecule has 9 heteroatoms. The van der Waals surface area contributed by atoms with E-state index in [9.17, 15) is 4.79 Å². The summed E-state index contributed by atoms with van der Waals surface area (Å²) in [5.41, 5.74) is 1.16. The number of aromatic nitrogens is 1. The Morgan fingerprint density at radius 2 is 2.00 bits per heavy atom. The Bertz CT molecular complexity index is 503. The molecule has 1 atom stereocenters. The second-order valence-corrected chi connectivity index (χ2v) is 7.47. The van der Waals surface area contributed by atoms with Crippen LogP contribution >= 0.6 is 48.6 Å². The van der Waals surface area contributed by atoms with E-state index in [-0.39, 0.29) is 37.2 Å². The number of thiazole rings is 1. The molecule has 1 aromatic heterocycles. The van der Waals surface area contributed by atoms with Crippen LogP contribution in [0.4, 0.5) is 0 Å². The van der Waals surface area contributed by atoms with Gasteiger partial charge in [0.2, 0.25) is 5.91 Å². The fourth-order valence-corrected chi connectivity index (χ4v) is 3.92. The number of halogens is 3. The van der Waals surface area contributed by atoms with Crippen LogP contribution in [0.25, 0.3) is 0 Å². The highest BCUT2D eigenvalue weighted by atomic mass is 35.5. The SMILES string of the molecule is Cc1nc(CN2CCN(C(=O)CCC3CCNC3)CC2)cs1.Cl.Cl.Cl. The summed E-state index contributed by atoms with van der Waals surface area (Å²) >= 11 is 1.71. The van der Waals surface area contributed by atoms with Crippen molar-refractivity contribution in [1.82, 2.24) is 20.1 Å². The first-order valence-electron chi connectivity index (χ1n) is 8.32. The second kappa shape index (κ2) is 12.3. The first kappa shape index (κ1) is 24.9. The second-order valence-electron chi connectivity index (χ2n) is 6.41. The Kier molecular flexibility index (Phi) is 12.3. The van der Waals surface area contributed by atoms with Crippen molar-refractivity contribution in [3.63, 3.8) is 0 Å². The van der Waals surface area contributed by atoms with Crippen molar-refractivity contribution in [2.45, 2.75) is 32.7 Å². The Balaban J connectivity index is 0.00000192. The first-order valence-corrected chi connectivity index (χ1v) is 9.20. The van der Waals surface area contributed by atoms with Gasteiger partial charge in [0.15, 0.2) is 0 Å². The highest BCUT2D eigenvalue weighted by molar-refractivity contribution is 7.09. The van der Waals surface area contributed by atoms with Gasteiger partial charge in [0.1, 0.15) is 0 Å². The molecule has 5 nitrogen and oxygen atoms in total. The van der Waals surface area contributed by atoms with Crippen molar-refractivity contribution in [3.05, 3.63) is 16.1 Å². The molecule has 1 unspecified atom stereocenters. The number of hydrogen-bond donors (Lipinski definition) is 1. The maximum atomic E-state index is 12.3. The summed E-state index contributed by atoms with van der Waals surface area (Å²) in [6.45, 7) is 8.84. The standard InChI is InChI=1S/C16H26N4OS.3ClH/c1-13-18-15(12-22-13)11-19-6-8-20(9-7-19)16(21)3-2-14-4-5-17-10-14;;;/h12,14,17H,2-11H2,1H3;3*1H. The Morgan fingerprint density at radius 1 is 1.28 bits per heavy atom. The summed E-state index contributed by atoms with van der Waals surface area (Å²) in [4.78, 5) is 21.3. The van der Waals surface area contributed by atoms with Crippen LogP contribution < -0.4 is 5.32 Å². The third-order valence-electron chi connectivity index (χ3n) is 4.71. The van der Waals surface area contributed by atoms with Crippen molar-refractivity contribution in [3.8, 4) is 0 Å². The van der Waals surface area contributed by atoms with E-state index in [4.69, 9.17) is 0 Å². The third kappa shape index (κ3) is 7.57. The maximum absolute atomic E-state index is 12.3. The fraction of sp³-hybridized carbons (Fsp3) is 0.750. The molecule has 25 heavy (non-hydrogen) atoms. The summed E-state index contributed by atoms with van der Waals surface area (Å²) in [6.07, 6.45) is 3.00. The first-order chi connectivity index (χ1) is 10.7. The monoisotopic (exact) mass is 430 g/mol. The molecular formula is C16H29Cl3N4OS. The van der Waals surface area contributed by atoms with E-state index in [0.29, 0.717) is 11.8 Å². The molecule has 3 rings (SSSR count). The molecule has 0 aromatic carbocycles. The summed E-state index contributed by atoms with van der Waals surface area (Å²) in [7, 11) is 0. The van der Waals surface area contributed by atoms with Gasteiger partial charge < -0.3 is 10.2 Å². The molecule has 2 aliphatic rings. The van der Waals surface area contributed by atoms with Gasteiger partial charge in [0.25, 0.3) is 0 Å². The maximum Gasteiger partial charge on any atom is 0.222 e. The van der Waals surface area contributed by atoms with Crippen molar-refractivity contribution >= 4 is 54.5 Å². The summed E-state index contributed by atoms with van der Waals surface area (Å²) < 4.78 is 0. The van der Waals surface area contributed by atoms with E-state index >= 15 is 0 Å². The summed E-state index contributed by atoms with van der Waals surface area (Å²) in [5, 5.41) is 6.64. The third-order valence-corrected chi connectivity index (χ3v) is 5.53. The predicted molar refractivity (Wildman–Crippen MR) is 111 cm³/mol. The number of aryl methyl sites for hydroxylation is 1. The molecule has 2 saturated heterocycles. The van der Waals surface area contributed by atoms with Gasteiger partial charge in [-0.15, -0.1) is 48.6 Å². The van der Waals surface area contributed by atoms with E-state index in [2.05, 4.69) is 20.6 Å². The largest absolute Gasteiger partial charge is 0.340 e. The summed E-state index contributed by atoms with van der Waals surface area (Å²) in [5.74, 6) is 1.05. The molecule has 3 heterocycles. The van der Waals surface area contributed by atoms with E-state index < -0.39 is 0 Å². The molecule has 0 radical (unpaired) electrons. The lowest BCUT2D eigenvalue weighted by molar-refractivity contribution is -0.133. The predicted octanol–water partition coefficient (Wildman–Crippen LogP) is 2.75. The Morgan fingerprint density at radius 3 is 2.56 bits per heavy atom. The van der Waals surface area contributed by atoms with Gasteiger partial charge in [-0.3, -0.25) is 9.69 Å². The Labute approximate surface area is 173 Å². The Hall–Kier alpha value is -0.110. The van der Waals surface area contributed by atoms with Crippen LogP contribution in [0.2, 0.25) is 0 Å². The van der Waals surface area contributed by atoms with Crippen LogP contribution in [0, 0.1) is 12.8 Å². The normalized spacial score (nSPS) is 20.4. The quantitative estimate of drug-likeness (QED) is 0.779. The van der Waals surface area contributed by atoms with E-state index in [1.165, 1.54) is 6.42 Å². The van der Waals surface area contributed by atoms with Crippen LogP contribution in [0.3, 0.4) is 0 Å². The average Bonchev–Trinajstić information content (AvgIpc) is 3.17. The van der Waals surface area contributed by atoms with Crippen LogP contribution in [0.15, 0.2) is 5.38 Å². The van der Waals surface area contributed by atoms with Crippen molar-refractivity contribution in [2.75, 3.05) is 39.3 Å². The van der Waals surface area contributed by atoms with Gasteiger partial charge >= 0.3 is 0 Å². The lowest BCUT2D eigenvalue weighted by atomic mass is 10.0. The molecule has 0 spiro atoms. The van der Waals surface area contributed by atoms with Crippen molar-refractivity contribution < 1.29 is 4.79 Å². The highest BCUT2D eigenvalue weighted by Crippen LogP contribution is 2.16. The molecule has 2 aliphatic heterocycles. The highest BCUT2D eigenvalue weighted by Gasteiger charge is 2.23. The zero-order chi connectivity index (χ0) is 15.4. The van der Waals surface area contributed by atoms with Gasteiger partial charge in [-0.25, -0.2) is 4.98 Å². The van der Waals surface area contributed by atoms with E-state index in [1.54, 1.807) is 11.3 Å². The molecule has 2 fully saturated rings. The van der Waals surface area contributed by atoms with Gasteiger partial charge in [-0.1, -0.05) is 0 Å². The topological polar surface area (TPSA) is 48.5 Å². The number of nitrogens with zero attached hydrogens (tertiary/aromatic N) is 3. The van der Waals surface area contributed by atoms with Crippen molar-refractivity contribution in [2.24, 2.45) is 5.92 Å². The van der Waals surface area contributed by atoms with Crippen LogP contribution in [-0.4, -0.2) is 60.0 Å². The minimum Gasteiger partial charge on any atom is -0.340 e. The molecule has 146 valence electrons. The number of carbonyl (C=O) groups is 1. The summed E-state index contributed by atoms with van der Waals surface area (Å²) in [6, 6.07) is 0. The minimum atomic E-state index is 0. The zero-order valence-electron chi connectivity index (χ0n) is 14.6. The number of hydrogen-bond acceptors (Lipinski definition) is 5. The zero-order valence-corrected chi connectivity index (χ0v) is 17.9. The van der Waals surface area contributed by atoms with Gasteiger partial charge in [0, 0.05) is 44.5 Å². The van der Waals surface area contributed by atoms with Gasteiger partial charge in [-0.05, 0) is 38.8 Å². The lowest BCUT2D eigenvalue weighted by Gasteiger charge is -2.34. The number of amides is 1. The van der Waals surface area contributed by atoms with E-state index in [1.807, 2.05) is 11.8 Å². The number of nitrogens with one attached hydrogen (secondary N) is 1. The number of carbonyl (C=O) groups excluding carboxylic acids is 1. The molecule has 1 N–H and O–H groups in total. The van der Waals surface area contributed by atoms with Gasteiger partial charge in [-0.2, -0.15) is 0 Å². The fourth-order valence-electron chi connectivity index (χ4n) is 3.31. The number of piperazine rings is 1. The molecule has 1 amide bonds. The van der Waals surface area contributed by atoms with Crippen LogP contribution in [-0.2, 0) is 11.3 Å². The molecule has 1 aromatic rings. The lowest BCUT2D eigenvalue weighted by Crippen LogP contribution is -2.48. The van der Waals surface area contributed by atoms with E-state index in [0.717, 1.165) is 69.4 Å². The molecule has 0 saturated carbocycles. The van der Waals surface area contributed by atoms with Crippen molar-refractivity contribution in [1.29, 1.82) is 0 Å². The smallest absolute Gasteiger partial charge is 0.222 e. The molecule has 0 aliphatic carbocycles. The van der Waals surface area contributed by atoms with Crippen LogP contribution in [0.5, 0.6) is 0 Å². The average molecular weight is 432 g/mol. The van der Waals surface area contributed by atoms with Crippen LogP contribution in [0.1, 0.15) is 30.0 Å². The van der Waals surface area contributed by atoms with Gasteiger partial charge in [0.05, 0.1) is 10.7 Å².